The molecule has 0 aromatic carbocycles. The Morgan fingerprint density at radius 2 is 2.08 bits per heavy atom. The third-order valence-corrected chi connectivity index (χ3v) is 4.43. The summed E-state index contributed by atoms with van der Waals surface area (Å²) in [6.45, 7) is 6.51. The number of guanidine groups is 1. The normalized spacial score (nSPS) is 17.3. The summed E-state index contributed by atoms with van der Waals surface area (Å²) < 4.78 is 11.0. The van der Waals surface area contributed by atoms with Gasteiger partial charge in [-0.25, -0.2) is 0 Å². The van der Waals surface area contributed by atoms with Crippen LogP contribution in [0.5, 0.6) is 0 Å². The van der Waals surface area contributed by atoms with Gasteiger partial charge < -0.3 is 24.8 Å². The van der Waals surface area contributed by atoms with Crippen LogP contribution in [0.1, 0.15) is 37.9 Å². The number of piperidine rings is 1. The van der Waals surface area contributed by atoms with Crippen molar-refractivity contribution < 1.29 is 14.6 Å². The number of aliphatic hydroxyl groups is 1. The SMILES string of the molecule is CCNC(=NCC(O)c1ccncc1)N1CCC(OCCCOC)CC1. The molecule has 1 unspecified atom stereocenters. The second-order valence-electron chi connectivity index (χ2n) is 6.39. The Hall–Kier alpha value is -1.70. The van der Waals surface area contributed by atoms with E-state index in [0.29, 0.717) is 12.6 Å². The van der Waals surface area contributed by atoms with Crippen LogP contribution in [0.3, 0.4) is 0 Å². The highest BCUT2D eigenvalue weighted by molar-refractivity contribution is 5.80. The summed E-state index contributed by atoms with van der Waals surface area (Å²) >= 11 is 0. The Morgan fingerprint density at radius 1 is 1.35 bits per heavy atom. The average molecular weight is 364 g/mol. The zero-order chi connectivity index (χ0) is 18.6. The Balaban J connectivity index is 1.82. The number of aromatic nitrogens is 1. The van der Waals surface area contributed by atoms with Crippen LogP contribution in [0.25, 0.3) is 0 Å². The van der Waals surface area contributed by atoms with Crippen molar-refractivity contribution in [3.63, 3.8) is 0 Å². The summed E-state index contributed by atoms with van der Waals surface area (Å²) in [5.74, 6) is 0.860. The molecule has 0 saturated carbocycles. The summed E-state index contributed by atoms with van der Waals surface area (Å²) in [7, 11) is 1.71. The molecule has 7 heteroatoms. The first-order valence-electron chi connectivity index (χ1n) is 9.46. The van der Waals surface area contributed by atoms with Crippen LogP contribution in [-0.4, -0.2) is 73.6 Å². The molecule has 0 spiro atoms. The lowest BCUT2D eigenvalue weighted by Gasteiger charge is -2.34. The van der Waals surface area contributed by atoms with Crippen LogP contribution in [-0.2, 0) is 9.47 Å². The minimum Gasteiger partial charge on any atom is -0.386 e. The zero-order valence-electron chi connectivity index (χ0n) is 15.9. The van der Waals surface area contributed by atoms with Crippen molar-refractivity contribution in [2.45, 2.75) is 38.4 Å². The van der Waals surface area contributed by atoms with E-state index in [2.05, 4.69) is 27.1 Å². The topological polar surface area (TPSA) is 79.2 Å². The van der Waals surface area contributed by atoms with E-state index in [1.54, 1.807) is 19.5 Å². The molecule has 1 saturated heterocycles. The first-order valence-corrected chi connectivity index (χ1v) is 9.46. The maximum Gasteiger partial charge on any atom is 0.194 e. The van der Waals surface area contributed by atoms with Crippen molar-refractivity contribution in [1.29, 1.82) is 0 Å². The highest BCUT2D eigenvalue weighted by Crippen LogP contribution is 2.15. The minimum atomic E-state index is -0.617. The molecule has 0 bridgehead atoms. The van der Waals surface area contributed by atoms with Crippen molar-refractivity contribution >= 4 is 5.96 Å². The molecule has 0 amide bonds. The summed E-state index contributed by atoms with van der Waals surface area (Å²) in [5, 5.41) is 13.6. The lowest BCUT2D eigenvalue weighted by Crippen LogP contribution is -2.47. The van der Waals surface area contributed by atoms with Gasteiger partial charge in [-0.05, 0) is 43.9 Å². The van der Waals surface area contributed by atoms with Gasteiger partial charge in [0.2, 0.25) is 0 Å². The van der Waals surface area contributed by atoms with Gasteiger partial charge in [-0.15, -0.1) is 0 Å². The van der Waals surface area contributed by atoms with Gasteiger partial charge in [0.05, 0.1) is 18.8 Å². The number of ether oxygens (including phenoxy) is 2. The number of nitrogens with one attached hydrogen (secondary N) is 1. The van der Waals surface area contributed by atoms with Gasteiger partial charge in [0.15, 0.2) is 5.96 Å². The van der Waals surface area contributed by atoms with Crippen LogP contribution in [0, 0.1) is 0 Å². The monoisotopic (exact) mass is 364 g/mol. The fraction of sp³-hybridized carbons (Fsp3) is 0.684. The molecule has 0 aliphatic carbocycles. The van der Waals surface area contributed by atoms with Gasteiger partial charge >= 0.3 is 0 Å². The zero-order valence-corrected chi connectivity index (χ0v) is 15.9. The van der Waals surface area contributed by atoms with E-state index in [0.717, 1.165) is 63.6 Å². The Kier molecular flexibility index (Phi) is 9.38. The number of aliphatic imine (C=N–C) groups is 1. The molecule has 7 nitrogen and oxygen atoms in total. The van der Waals surface area contributed by atoms with Gasteiger partial charge in [-0.2, -0.15) is 0 Å². The molecule has 1 atom stereocenters. The van der Waals surface area contributed by atoms with E-state index in [1.807, 2.05) is 12.1 Å². The standard InChI is InChI=1S/C19H32N4O3/c1-3-21-19(22-15-18(24)16-5-9-20-10-6-16)23-11-7-17(8-12-23)26-14-4-13-25-2/h5-6,9-10,17-18,24H,3-4,7-8,11-15H2,1-2H3,(H,21,22). The van der Waals surface area contributed by atoms with E-state index in [9.17, 15) is 5.11 Å². The van der Waals surface area contributed by atoms with Crippen LogP contribution >= 0.6 is 0 Å². The van der Waals surface area contributed by atoms with E-state index < -0.39 is 6.10 Å². The number of pyridine rings is 1. The molecule has 2 heterocycles. The van der Waals surface area contributed by atoms with E-state index in [4.69, 9.17) is 9.47 Å². The highest BCUT2D eigenvalue weighted by Gasteiger charge is 2.22. The summed E-state index contributed by atoms with van der Waals surface area (Å²) in [5.41, 5.74) is 0.836. The number of aliphatic hydroxyl groups excluding tert-OH is 1. The van der Waals surface area contributed by atoms with Crippen LogP contribution < -0.4 is 5.32 Å². The fourth-order valence-electron chi connectivity index (χ4n) is 2.98. The molecule has 26 heavy (non-hydrogen) atoms. The quantitative estimate of drug-likeness (QED) is 0.394. The number of hydrogen-bond donors (Lipinski definition) is 2. The van der Waals surface area contributed by atoms with Crippen LogP contribution in [0.2, 0.25) is 0 Å². The molecular weight excluding hydrogens is 332 g/mol. The largest absolute Gasteiger partial charge is 0.386 e. The van der Waals surface area contributed by atoms with Crippen molar-refractivity contribution in [1.82, 2.24) is 15.2 Å². The fourth-order valence-corrected chi connectivity index (χ4v) is 2.98. The molecule has 0 radical (unpaired) electrons. The van der Waals surface area contributed by atoms with Crippen molar-refractivity contribution in [3.8, 4) is 0 Å². The van der Waals surface area contributed by atoms with Crippen LogP contribution in [0.4, 0.5) is 0 Å². The third-order valence-electron chi connectivity index (χ3n) is 4.43. The smallest absolute Gasteiger partial charge is 0.194 e. The first kappa shape index (κ1) is 20.6. The van der Waals surface area contributed by atoms with Gasteiger partial charge in [0.1, 0.15) is 0 Å². The predicted molar refractivity (Wildman–Crippen MR) is 102 cm³/mol. The van der Waals surface area contributed by atoms with Crippen molar-refractivity contribution in [3.05, 3.63) is 30.1 Å². The van der Waals surface area contributed by atoms with Gasteiger partial charge in [0.25, 0.3) is 0 Å². The summed E-state index contributed by atoms with van der Waals surface area (Å²) in [4.78, 5) is 10.9. The molecule has 1 aromatic heterocycles. The van der Waals surface area contributed by atoms with Gasteiger partial charge in [-0.3, -0.25) is 9.98 Å². The Labute approximate surface area is 156 Å². The average Bonchev–Trinajstić information content (AvgIpc) is 2.69. The number of methoxy groups -OCH3 is 1. The second kappa shape index (κ2) is 11.8. The molecule has 146 valence electrons. The van der Waals surface area contributed by atoms with E-state index in [1.165, 1.54) is 0 Å². The maximum absolute atomic E-state index is 10.3. The lowest BCUT2D eigenvalue weighted by atomic mass is 10.1. The molecular formula is C19H32N4O3. The Bertz CT molecular complexity index is 519. The number of rotatable bonds is 9. The molecule has 2 rings (SSSR count). The number of nitrogens with zero attached hydrogens (tertiary/aromatic N) is 3. The first-order chi connectivity index (χ1) is 12.7. The summed E-state index contributed by atoms with van der Waals surface area (Å²) in [6, 6.07) is 3.64. The lowest BCUT2D eigenvalue weighted by molar-refractivity contribution is 0.00986. The highest BCUT2D eigenvalue weighted by atomic mass is 16.5. The maximum atomic E-state index is 10.3. The molecule has 1 aromatic rings. The van der Waals surface area contributed by atoms with Gasteiger partial charge in [0, 0.05) is 52.4 Å². The number of hydrogen-bond acceptors (Lipinski definition) is 5. The van der Waals surface area contributed by atoms with Crippen molar-refractivity contribution in [2.75, 3.05) is 46.5 Å². The molecule has 2 N–H and O–H groups in total. The van der Waals surface area contributed by atoms with Crippen LogP contribution in [0.15, 0.2) is 29.5 Å². The predicted octanol–water partition coefficient (Wildman–Crippen LogP) is 1.60. The van der Waals surface area contributed by atoms with E-state index >= 15 is 0 Å². The summed E-state index contributed by atoms with van der Waals surface area (Å²) in [6.07, 6.45) is 5.99. The molecule has 1 aliphatic rings. The Morgan fingerprint density at radius 3 is 2.73 bits per heavy atom. The number of likely N-dealkylation sites (tertiary alicyclic amines) is 1. The second-order valence-corrected chi connectivity index (χ2v) is 6.39. The minimum absolute atomic E-state index is 0.313. The van der Waals surface area contributed by atoms with Crippen molar-refractivity contribution in [2.24, 2.45) is 4.99 Å². The van der Waals surface area contributed by atoms with E-state index in [-0.39, 0.29) is 0 Å². The molecule has 1 aliphatic heterocycles. The molecule has 1 fully saturated rings. The van der Waals surface area contributed by atoms with Gasteiger partial charge in [-0.1, -0.05) is 0 Å². The third kappa shape index (κ3) is 6.90.